The van der Waals surface area contributed by atoms with Crippen molar-refractivity contribution in [1.82, 2.24) is 23.4 Å². The molecule has 1 aromatic carbocycles. The van der Waals surface area contributed by atoms with E-state index in [0.717, 1.165) is 16.9 Å². The number of hydrogen-bond donors (Lipinski definition) is 0. The van der Waals surface area contributed by atoms with Crippen molar-refractivity contribution in [2.75, 3.05) is 11.4 Å². The Balaban J connectivity index is 1.73. The Morgan fingerprint density at radius 1 is 1.11 bits per heavy atom. The first-order valence-electron chi connectivity index (χ1n) is 11.3. The van der Waals surface area contributed by atoms with Crippen LogP contribution in [-0.2, 0) is 37.2 Å². The van der Waals surface area contributed by atoms with Crippen molar-refractivity contribution in [1.29, 1.82) is 5.26 Å². The van der Waals surface area contributed by atoms with E-state index in [0.29, 0.717) is 12.1 Å². The van der Waals surface area contributed by atoms with Gasteiger partial charge < -0.3 is 14.0 Å². The van der Waals surface area contributed by atoms with Crippen molar-refractivity contribution in [2.24, 2.45) is 14.1 Å². The van der Waals surface area contributed by atoms with Crippen LogP contribution >= 0.6 is 11.3 Å². The lowest BCUT2D eigenvalue weighted by atomic mass is 10.00. The lowest BCUT2D eigenvalue weighted by Gasteiger charge is -2.43. The standard InChI is InChI=1S/C25H29N7O2S2/c1-25(2,32(14-23-12-27-18-30(23)4)22-7-5-20(11-26)6-8-22)17-31(13-21-9-10-35-16-21)36(33,34)24-15-29(3)19-28-24/h5-10,12,15-16,18-19H,13-14,17H2,1-4H3. The molecular weight excluding hydrogens is 494 g/mol. The van der Waals surface area contributed by atoms with Gasteiger partial charge in [-0.3, -0.25) is 0 Å². The van der Waals surface area contributed by atoms with Crippen LogP contribution in [0.4, 0.5) is 5.69 Å². The molecule has 0 fully saturated rings. The van der Waals surface area contributed by atoms with E-state index < -0.39 is 15.6 Å². The molecule has 0 saturated carbocycles. The van der Waals surface area contributed by atoms with Gasteiger partial charge in [-0.25, -0.2) is 18.4 Å². The summed E-state index contributed by atoms with van der Waals surface area (Å²) in [5.41, 5.74) is 2.70. The number of benzene rings is 1. The predicted octanol–water partition coefficient (Wildman–Crippen LogP) is 3.76. The number of anilines is 1. The third kappa shape index (κ3) is 5.51. The molecule has 3 aromatic heterocycles. The van der Waals surface area contributed by atoms with Gasteiger partial charge in [0.15, 0.2) is 5.03 Å². The van der Waals surface area contributed by atoms with Gasteiger partial charge in [-0.05, 0) is 60.5 Å². The van der Waals surface area contributed by atoms with Gasteiger partial charge in [0, 0.05) is 50.8 Å². The van der Waals surface area contributed by atoms with Gasteiger partial charge in [0.1, 0.15) is 0 Å². The fraction of sp³-hybridized carbons (Fsp3) is 0.320. The summed E-state index contributed by atoms with van der Waals surface area (Å²) in [5.74, 6) is 0. The topological polar surface area (TPSA) is 100 Å². The van der Waals surface area contributed by atoms with Crippen LogP contribution in [0.1, 0.15) is 30.7 Å². The molecule has 0 aliphatic rings. The number of thiophene rings is 1. The maximum Gasteiger partial charge on any atom is 0.262 e. The molecule has 4 aromatic rings. The lowest BCUT2D eigenvalue weighted by Crippen LogP contribution is -2.53. The van der Waals surface area contributed by atoms with Gasteiger partial charge in [-0.15, -0.1) is 0 Å². The molecule has 0 aliphatic heterocycles. The first-order chi connectivity index (χ1) is 17.1. The Hall–Kier alpha value is -3.46. The number of imidazole rings is 2. The van der Waals surface area contributed by atoms with Crippen LogP contribution in [0.5, 0.6) is 0 Å². The SMILES string of the molecule is Cn1cnc(S(=O)(=O)N(Cc2ccsc2)CC(C)(C)N(Cc2cncn2C)c2ccc(C#N)cc2)c1. The number of hydrogen-bond acceptors (Lipinski definition) is 7. The number of aryl methyl sites for hydroxylation is 2. The molecule has 188 valence electrons. The molecule has 3 heterocycles. The molecule has 0 N–H and O–H groups in total. The van der Waals surface area contributed by atoms with Gasteiger partial charge in [-0.1, -0.05) is 0 Å². The Morgan fingerprint density at radius 3 is 2.42 bits per heavy atom. The average Bonchev–Trinajstić information content (AvgIpc) is 3.60. The van der Waals surface area contributed by atoms with Crippen molar-refractivity contribution in [2.45, 2.75) is 37.5 Å². The molecule has 0 bridgehead atoms. The maximum absolute atomic E-state index is 13.7. The Labute approximate surface area is 215 Å². The van der Waals surface area contributed by atoms with Crippen LogP contribution in [0.2, 0.25) is 0 Å². The van der Waals surface area contributed by atoms with Gasteiger partial charge >= 0.3 is 0 Å². The minimum absolute atomic E-state index is 0.0209. The number of rotatable bonds is 10. The van der Waals surface area contributed by atoms with Gasteiger partial charge in [0.2, 0.25) is 0 Å². The van der Waals surface area contributed by atoms with Crippen LogP contribution in [0.15, 0.2) is 71.2 Å². The Kier molecular flexibility index (Phi) is 7.31. The summed E-state index contributed by atoms with van der Waals surface area (Å²) in [6, 6.07) is 11.4. The summed E-state index contributed by atoms with van der Waals surface area (Å²) in [5, 5.41) is 13.2. The first kappa shape index (κ1) is 25.6. The summed E-state index contributed by atoms with van der Waals surface area (Å²) in [7, 11) is -0.186. The van der Waals surface area contributed by atoms with Crippen LogP contribution in [-0.4, -0.2) is 43.9 Å². The maximum atomic E-state index is 13.7. The minimum Gasteiger partial charge on any atom is -0.359 e. The summed E-state index contributed by atoms with van der Waals surface area (Å²) in [4.78, 5) is 10.5. The van der Waals surface area contributed by atoms with E-state index in [2.05, 4.69) is 20.9 Å². The monoisotopic (exact) mass is 523 g/mol. The molecule has 0 radical (unpaired) electrons. The second kappa shape index (κ2) is 10.3. The Bertz CT molecular complexity index is 1450. The number of aromatic nitrogens is 4. The van der Waals surface area contributed by atoms with E-state index in [4.69, 9.17) is 0 Å². The van der Waals surface area contributed by atoms with Crippen LogP contribution in [0, 0.1) is 11.3 Å². The third-order valence-corrected chi connectivity index (χ3v) is 8.47. The lowest BCUT2D eigenvalue weighted by molar-refractivity contribution is 0.310. The summed E-state index contributed by atoms with van der Waals surface area (Å²) in [6.07, 6.45) is 6.57. The fourth-order valence-electron chi connectivity index (χ4n) is 4.05. The number of sulfonamides is 1. The molecular formula is C25H29N7O2S2. The number of nitrogens with zero attached hydrogens (tertiary/aromatic N) is 7. The van der Waals surface area contributed by atoms with Crippen LogP contribution in [0.3, 0.4) is 0 Å². The molecule has 4 rings (SSSR count). The van der Waals surface area contributed by atoms with E-state index in [1.165, 1.54) is 28.2 Å². The van der Waals surface area contributed by atoms with E-state index in [9.17, 15) is 13.7 Å². The van der Waals surface area contributed by atoms with Crippen molar-refractivity contribution in [3.63, 3.8) is 0 Å². The predicted molar refractivity (Wildman–Crippen MR) is 140 cm³/mol. The van der Waals surface area contributed by atoms with Crippen molar-refractivity contribution in [3.8, 4) is 6.07 Å². The summed E-state index contributed by atoms with van der Waals surface area (Å²) >= 11 is 1.53. The normalized spacial score (nSPS) is 12.1. The molecule has 0 aliphatic carbocycles. The van der Waals surface area contributed by atoms with E-state index in [1.807, 2.05) is 54.4 Å². The van der Waals surface area contributed by atoms with Crippen LogP contribution < -0.4 is 4.90 Å². The second-order valence-corrected chi connectivity index (χ2v) is 12.0. The van der Waals surface area contributed by atoms with Crippen LogP contribution in [0.25, 0.3) is 0 Å². The minimum atomic E-state index is -3.87. The van der Waals surface area contributed by atoms with Gasteiger partial charge in [0.05, 0.1) is 36.5 Å². The molecule has 0 spiro atoms. The smallest absolute Gasteiger partial charge is 0.262 e. The van der Waals surface area contributed by atoms with E-state index in [-0.39, 0.29) is 18.1 Å². The van der Waals surface area contributed by atoms with E-state index in [1.54, 1.807) is 36.3 Å². The third-order valence-electron chi connectivity index (χ3n) is 6.06. The largest absolute Gasteiger partial charge is 0.359 e. The van der Waals surface area contributed by atoms with Gasteiger partial charge in [-0.2, -0.15) is 20.9 Å². The fourth-order valence-corrected chi connectivity index (χ4v) is 6.26. The Morgan fingerprint density at radius 2 is 1.86 bits per heavy atom. The zero-order valence-electron chi connectivity index (χ0n) is 20.7. The average molecular weight is 524 g/mol. The molecule has 0 saturated heterocycles. The van der Waals surface area contributed by atoms with Crippen molar-refractivity contribution in [3.05, 3.63) is 83.0 Å². The van der Waals surface area contributed by atoms with Crippen molar-refractivity contribution < 1.29 is 8.42 Å². The molecule has 11 heteroatoms. The highest BCUT2D eigenvalue weighted by Gasteiger charge is 2.36. The molecule has 0 amide bonds. The van der Waals surface area contributed by atoms with Gasteiger partial charge in [0.25, 0.3) is 10.0 Å². The molecule has 0 unspecified atom stereocenters. The quantitative estimate of drug-likeness (QED) is 0.314. The molecule has 0 atom stereocenters. The number of nitriles is 1. The highest BCUT2D eigenvalue weighted by molar-refractivity contribution is 7.89. The summed E-state index contributed by atoms with van der Waals surface area (Å²) < 4.78 is 32.6. The zero-order valence-corrected chi connectivity index (χ0v) is 22.4. The van der Waals surface area contributed by atoms with E-state index >= 15 is 0 Å². The highest BCUT2D eigenvalue weighted by atomic mass is 32.2. The van der Waals surface area contributed by atoms with Crippen molar-refractivity contribution >= 4 is 27.0 Å². The zero-order chi connectivity index (χ0) is 25.9. The summed E-state index contributed by atoms with van der Waals surface area (Å²) in [6.45, 7) is 5.00. The highest BCUT2D eigenvalue weighted by Crippen LogP contribution is 2.30. The first-order valence-corrected chi connectivity index (χ1v) is 13.7. The molecule has 9 nitrogen and oxygen atoms in total. The second-order valence-electron chi connectivity index (χ2n) is 9.34. The molecule has 36 heavy (non-hydrogen) atoms.